The molecular formula is C9H9BF4O3. The molecule has 0 radical (unpaired) electrons. The number of ether oxygens (including phenoxy) is 1. The van der Waals surface area contributed by atoms with Crippen molar-refractivity contribution in [2.45, 2.75) is 13.3 Å². The Labute approximate surface area is 94.8 Å². The monoisotopic (exact) mass is 252 g/mol. The van der Waals surface area contributed by atoms with Crippen LogP contribution < -0.4 is 10.2 Å². The fourth-order valence-corrected chi connectivity index (χ4v) is 1.19. The van der Waals surface area contributed by atoms with Crippen LogP contribution in [-0.2, 0) is 0 Å². The summed E-state index contributed by atoms with van der Waals surface area (Å²) < 4.78 is 57.4. The number of hydrogen-bond acceptors (Lipinski definition) is 3. The minimum absolute atomic E-state index is 0.131. The number of benzene rings is 1. The van der Waals surface area contributed by atoms with E-state index in [-0.39, 0.29) is 6.61 Å². The Morgan fingerprint density at radius 2 is 1.47 bits per heavy atom. The van der Waals surface area contributed by atoms with Gasteiger partial charge in [-0.05, 0) is 6.42 Å². The Balaban J connectivity index is 3.36. The molecule has 0 bridgehead atoms. The maximum Gasteiger partial charge on any atom is 0.494 e. The van der Waals surface area contributed by atoms with Crippen LogP contribution in [0, 0.1) is 23.3 Å². The summed E-state index contributed by atoms with van der Waals surface area (Å²) in [4.78, 5) is 0. The van der Waals surface area contributed by atoms with E-state index in [1.165, 1.54) is 0 Å². The van der Waals surface area contributed by atoms with E-state index < -0.39 is 41.6 Å². The van der Waals surface area contributed by atoms with Crippen molar-refractivity contribution in [3.05, 3.63) is 23.3 Å². The van der Waals surface area contributed by atoms with Gasteiger partial charge in [0.2, 0.25) is 11.6 Å². The molecule has 2 N–H and O–H groups in total. The van der Waals surface area contributed by atoms with E-state index in [0.717, 1.165) is 0 Å². The van der Waals surface area contributed by atoms with Gasteiger partial charge in [-0.3, -0.25) is 0 Å². The Morgan fingerprint density at radius 3 is 1.82 bits per heavy atom. The van der Waals surface area contributed by atoms with Gasteiger partial charge in [0.05, 0.1) is 12.1 Å². The zero-order valence-electron chi connectivity index (χ0n) is 8.81. The highest BCUT2D eigenvalue weighted by molar-refractivity contribution is 6.58. The number of halogens is 4. The van der Waals surface area contributed by atoms with E-state index in [1.54, 1.807) is 6.92 Å². The zero-order chi connectivity index (χ0) is 13.2. The van der Waals surface area contributed by atoms with Crippen LogP contribution in [0.4, 0.5) is 17.6 Å². The fraction of sp³-hybridized carbons (Fsp3) is 0.333. The Hall–Kier alpha value is -1.28. The molecule has 0 fully saturated rings. The number of hydrogen-bond donors (Lipinski definition) is 2. The Bertz CT molecular complexity index is 396. The first kappa shape index (κ1) is 13.8. The largest absolute Gasteiger partial charge is 0.494 e. The molecule has 0 atom stereocenters. The summed E-state index contributed by atoms with van der Waals surface area (Å²) in [6.07, 6.45) is 0.381. The summed E-state index contributed by atoms with van der Waals surface area (Å²) in [5, 5.41) is 17.2. The molecule has 1 aromatic carbocycles. The van der Waals surface area contributed by atoms with E-state index in [2.05, 4.69) is 4.74 Å². The molecule has 0 aliphatic rings. The highest BCUT2D eigenvalue weighted by Crippen LogP contribution is 2.25. The normalized spacial score (nSPS) is 10.5. The van der Waals surface area contributed by atoms with Crippen LogP contribution in [-0.4, -0.2) is 23.8 Å². The maximum atomic E-state index is 13.3. The third-order valence-corrected chi connectivity index (χ3v) is 1.97. The molecule has 0 amide bonds. The highest BCUT2D eigenvalue weighted by atomic mass is 19.2. The molecule has 3 nitrogen and oxygen atoms in total. The van der Waals surface area contributed by atoms with Crippen molar-refractivity contribution in [2.24, 2.45) is 0 Å². The molecule has 0 spiro atoms. The van der Waals surface area contributed by atoms with E-state index in [0.29, 0.717) is 6.42 Å². The first-order chi connectivity index (χ1) is 7.91. The molecule has 0 heterocycles. The first-order valence-corrected chi connectivity index (χ1v) is 4.76. The van der Waals surface area contributed by atoms with Crippen LogP contribution in [0.3, 0.4) is 0 Å². The smallest absolute Gasteiger partial charge is 0.487 e. The number of rotatable bonds is 4. The lowest BCUT2D eigenvalue weighted by Gasteiger charge is -2.11. The Kier molecular flexibility index (Phi) is 4.36. The Morgan fingerprint density at radius 1 is 1.00 bits per heavy atom. The average Bonchev–Trinajstić information content (AvgIpc) is 2.26. The molecule has 1 aromatic rings. The quantitative estimate of drug-likeness (QED) is 0.471. The maximum absolute atomic E-state index is 13.3. The average molecular weight is 252 g/mol. The second-order valence-electron chi connectivity index (χ2n) is 3.22. The second-order valence-corrected chi connectivity index (χ2v) is 3.22. The van der Waals surface area contributed by atoms with Gasteiger partial charge in [-0.2, -0.15) is 8.78 Å². The molecule has 8 heteroatoms. The zero-order valence-corrected chi connectivity index (χ0v) is 8.81. The van der Waals surface area contributed by atoms with Gasteiger partial charge < -0.3 is 14.8 Å². The van der Waals surface area contributed by atoms with Crippen molar-refractivity contribution < 1.29 is 32.3 Å². The van der Waals surface area contributed by atoms with Crippen LogP contribution >= 0.6 is 0 Å². The third-order valence-electron chi connectivity index (χ3n) is 1.97. The van der Waals surface area contributed by atoms with Gasteiger partial charge in [0.15, 0.2) is 17.4 Å². The van der Waals surface area contributed by atoms with Gasteiger partial charge in [-0.25, -0.2) is 8.78 Å². The first-order valence-electron chi connectivity index (χ1n) is 4.76. The van der Waals surface area contributed by atoms with Gasteiger partial charge in [-0.15, -0.1) is 0 Å². The van der Waals surface area contributed by atoms with Crippen molar-refractivity contribution in [1.29, 1.82) is 0 Å². The van der Waals surface area contributed by atoms with Gasteiger partial charge in [0.1, 0.15) is 0 Å². The van der Waals surface area contributed by atoms with Crippen molar-refractivity contribution >= 4 is 12.6 Å². The van der Waals surface area contributed by atoms with Crippen molar-refractivity contribution in [2.75, 3.05) is 6.61 Å². The summed E-state index contributed by atoms with van der Waals surface area (Å²) in [6, 6.07) is 0. The lowest BCUT2D eigenvalue weighted by Crippen LogP contribution is -2.37. The van der Waals surface area contributed by atoms with Gasteiger partial charge in [-0.1, -0.05) is 6.92 Å². The van der Waals surface area contributed by atoms with Crippen LogP contribution in [0.5, 0.6) is 5.75 Å². The van der Waals surface area contributed by atoms with Crippen LogP contribution in [0.2, 0.25) is 0 Å². The van der Waals surface area contributed by atoms with E-state index in [9.17, 15) is 17.6 Å². The third kappa shape index (κ3) is 2.53. The topological polar surface area (TPSA) is 49.7 Å². The van der Waals surface area contributed by atoms with E-state index in [1.807, 2.05) is 0 Å². The predicted octanol–water partition coefficient (Wildman–Crippen LogP) is 0.712. The van der Waals surface area contributed by atoms with Crippen molar-refractivity contribution in [3.63, 3.8) is 0 Å². The molecule has 0 aliphatic heterocycles. The summed E-state index contributed by atoms with van der Waals surface area (Å²) in [7, 11) is -2.65. The molecule has 17 heavy (non-hydrogen) atoms. The lowest BCUT2D eigenvalue weighted by atomic mass is 9.79. The van der Waals surface area contributed by atoms with E-state index >= 15 is 0 Å². The van der Waals surface area contributed by atoms with Crippen molar-refractivity contribution in [1.82, 2.24) is 0 Å². The molecule has 0 unspecified atom stereocenters. The minimum atomic E-state index is -2.65. The summed E-state index contributed by atoms with van der Waals surface area (Å²) in [5.41, 5.74) is -1.48. The van der Waals surface area contributed by atoms with Crippen LogP contribution in [0.15, 0.2) is 0 Å². The molecule has 0 aromatic heterocycles. The van der Waals surface area contributed by atoms with Gasteiger partial charge in [0, 0.05) is 0 Å². The minimum Gasteiger partial charge on any atom is -0.487 e. The van der Waals surface area contributed by atoms with Crippen molar-refractivity contribution in [3.8, 4) is 5.75 Å². The summed E-state index contributed by atoms with van der Waals surface area (Å²) in [6.45, 7) is 1.50. The highest BCUT2D eigenvalue weighted by Gasteiger charge is 2.32. The predicted molar refractivity (Wildman–Crippen MR) is 51.9 cm³/mol. The second kappa shape index (κ2) is 5.37. The molecule has 0 saturated heterocycles. The molecule has 0 saturated carbocycles. The summed E-state index contributed by atoms with van der Waals surface area (Å²) >= 11 is 0. The van der Waals surface area contributed by atoms with Gasteiger partial charge in [0.25, 0.3) is 0 Å². The SMILES string of the molecule is CCCOc1c(F)c(F)c(B(O)O)c(F)c1F. The standard InChI is InChI=1S/C9H9BF4O3/c1-2-3-17-9-7(13)5(11)4(10(15)16)6(12)8(9)14/h15-16H,2-3H2,1H3. The van der Waals surface area contributed by atoms with Crippen LogP contribution in [0.25, 0.3) is 0 Å². The molecular weight excluding hydrogens is 243 g/mol. The molecule has 94 valence electrons. The summed E-state index contributed by atoms with van der Waals surface area (Å²) in [5.74, 6) is -8.55. The molecule has 0 aliphatic carbocycles. The van der Waals surface area contributed by atoms with Gasteiger partial charge >= 0.3 is 7.12 Å². The lowest BCUT2D eigenvalue weighted by molar-refractivity contribution is 0.272. The van der Waals surface area contributed by atoms with Crippen LogP contribution in [0.1, 0.15) is 13.3 Å². The fourth-order valence-electron chi connectivity index (χ4n) is 1.19. The van der Waals surface area contributed by atoms with E-state index in [4.69, 9.17) is 10.0 Å². The molecule has 1 rings (SSSR count).